The van der Waals surface area contributed by atoms with Crippen LogP contribution in [0.15, 0.2) is 0 Å². The van der Waals surface area contributed by atoms with Crippen molar-refractivity contribution in [2.24, 2.45) is 5.92 Å². The normalized spacial score (nSPS) is 12.4. The highest BCUT2D eigenvalue weighted by Gasteiger charge is 2.06. The molecule has 0 heteroatoms. The molecule has 0 heterocycles. The van der Waals surface area contributed by atoms with Gasteiger partial charge >= 0.3 is 0 Å². The standard InChI is InChI=1S/C34H69/c1-4-7-9-11-13-15-16-17-18-19-20-21-22-23-24-25-27-29-31-33-34(6-3)32-30-28-26-14-12-10-8-5-2/h34H,3-33H2,1-2H3. The van der Waals surface area contributed by atoms with Gasteiger partial charge in [-0.05, 0) is 5.92 Å². The largest absolute Gasteiger partial charge is 0.0654 e. The van der Waals surface area contributed by atoms with Crippen LogP contribution < -0.4 is 0 Å². The van der Waals surface area contributed by atoms with Crippen LogP contribution in [0.4, 0.5) is 0 Å². The van der Waals surface area contributed by atoms with Crippen molar-refractivity contribution in [1.29, 1.82) is 0 Å². The summed E-state index contributed by atoms with van der Waals surface area (Å²) in [5, 5.41) is 0. The molecule has 0 saturated heterocycles. The molecule has 1 unspecified atom stereocenters. The van der Waals surface area contributed by atoms with Gasteiger partial charge in [-0.1, -0.05) is 213 Å². The van der Waals surface area contributed by atoms with Crippen LogP contribution in [0.2, 0.25) is 0 Å². The Morgan fingerprint density at radius 3 is 0.735 bits per heavy atom. The summed E-state index contributed by atoms with van der Waals surface area (Å²) in [7, 11) is 0. The lowest BCUT2D eigenvalue weighted by atomic mass is 9.92. The van der Waals surface area contributed by atoms with Crippen molar-refractivity contribution in [2.45, 2.75) is 206 Å². The summed E-state index contributed by atoms with van der Waals surface area (Å²) in [5.41, 5.74) is 0. The molecule has 1 atom stereocenters. The molecule has 0 amide bonds. The first-order valence-electron chi connectivity index (χ1n) is 16.6. The van der Waals surface area contributed by atoms with Crippen LogP contribution in [0.3, 0.4) is 0 Å². The van der Waals surface area contributed by atoms with E-state index in [1.54, 1.807) is 0 Å². The summed E-state index contributed by atoms with van der Waals surface area (Å²) in [4.78, 5) is 0. The second kappa shape index (κ2) is 31.0. The molecule has 0 fully saturated rings. The molecule has 0 nitrogen and oxygen atoms in total. The Balaban J connectivity index is 3.21. The average molecular weight is 478 g/mol. The van der Waals surface area contributed by atoms with Gasteiger partial charge in [-0.25, -0.2) is 0 Å². The quantitative estimate of drug-likeness (QED) is 0.0902. The minimum Gasteiger partial charge on any atom is -0.0654 e. The summed E-state index contributed by atoms with van der Waals surface area (Å²) in [6, 6.07) is 0. The molecule has 0 bridgehead atoms. The molecule has 0 aromatic heterocycles. The molecule has 0 aliphatic carbocycles. The highest BCUT2D eigenvalue weighted by molar-refractivity contribution is 4.62. The number of rotatable bonds is 30. The maximum Gasteiger partial charge on any atom is -0.0414 e. The number of hydrogen-bond acceptors (Lipinski definition) is 0. The lowest BCUT2D eigenvalue weighted by Gasteiger charge is -2.14. The van der Waals surface area contributed by atoms with Gasteiger partial charge in [-0.3, -0.25) is 0 Å². The number of hydrogen-bond donors (Lipinski definition) is 0. The van der Waals surface area contributed by atoms with Crippen molar-refractivity contribution in [3.05, 3.63) is 6.92 Å². The summed E-state index contributed by atoms with van der Waals surface area (Å²) in [5.74, 6) is 0.908. The Morgan fingerprint density at radius 2 is 0.529 bits per heavy atom. The first kappa shape index (κ1) is 34.0. The van der Waals surface area contributed by atoms with Gasteiger partial charge in [-0.15, -0.1) is 0 Å². The summed E-state index contributed by atoms with van der Waals surface area (Å²) >= 11 is 0. The third kappa shape index (κ3) is 28.2. The van der Waals surface area contributed by atoms with Gasteiger partial charge in [0, 0.05) is 0 Å². The van der Waals surface area contributed by atoms with Gasteiger partial charge in [-0.2, -0.15) is 0 Å². The molecule has 0 aromatic carbocycles. The zero-order chi connectivity index (χ0) is 24.8. The Labute approximate surface area is 219 Å². The zero-order valence-electron chi connectivity index (χ0n) is 24.5. The summed E-state index contributed by atoms with van der Waals surface area (Å²) < 4.78 is 0. The van der Waals surface area contributed by atoms with E-state index in [4.69, 9.17) is 0 Å². The van der Waals surface area contributed by atoms with Crippen LogP contribution in [0.5, 0.6) is 0 Å². The van der Waals surface area contributed by atoms with E-state index in [1.165, 1.54) is 186 Å². The fourth-order valence-electron chi connectivity index (χ4n) is 5.51. The van der Waals surface area contributed by atoms with Crippen LogP contribution in [-0.4, -0.2) is 0 Å². The molecule has 34 heavy (non-hydrogen) atoms. The zero-order valence-corrected chi connectivity index (χ0v) is 24.5. The smallest absolute Gasteiger partial charge is 0.0414 e. The molecule has 0 N–H and O–H groups in total. The maximum atomic E-state index is 4.24. The molecule has 0 aliphatic rings. The van der Waals surface area contributed by atoms with Crippen molar-refractivity contribution < 1.29 is 0 Å². The minimum atomic E-state index is 0.908. The van der Waals surface area contributed by atoms with Gasteiger partial charge in [0.2, 0.25) is 0 Å². The lowest BCUT2D eigenvalue weighted by Crippen LogP contribution is -1.99. The molecule has 1 radical (unpaired) electrons. The summed E-state index contributed by atoms with van der Waals surface area (Å²) in [6.07, 6.45) is 43.6. The SMILES string of the molecule is [CH2]CC(CCCCCCCCCC)CCCCCCCCCCCCCCCCCCCCC. The molecular formula is C34H69. The average Bonchev–Trinajstić information content (AvgIpc) is 2.85. The molecule has 0 saturated carbocycles. The van der Waals surface area contributed by atoms with E-state index >= 15 is 0 Å². The Morgan fingerprint density at radius 1 is 0.324 bits per heavy atom. The predicted octanol–water partition coefficient (Wildman–Crippen LogP) is 13.2. The minimum absolute atomic E-state index is 0.908. The summed E-state index contributed by atoms with van der Waals surface area (Å²) in [6.45, 7) is 8.85. The van der Waals surface area contributed by atoms with Crippen molar-refractivity contribution in [1.82, 2.24) is 0 Å². The Hall–Kier alpha value is 0. The highest BCUT2D eigenvalue weighted by Crippen LogP contribution is 2.22. The molecule has 0 aromatic rings. The second-order valence-electron chi connectivity index (χ2n) is 11.6. The first-order valence-corrected chi connectivity index (χ1v) is 16.6. The third-order valence-electron chi connectivity index (χ3n) is 8.09. The van der Waals surface area contributed by atoms with Gasteiger partial charge in [0.15, 0.2) is 0 Å². The van der Waals surface area contributed by atoms with Gasteiger partial charge < -0.3 is 0 Å². The van der Waals surface area contributed by atoms with Crippen LogP contribution in [0.1, 0.15) is 206 Å². The first-order chi connectivity index (χ1) is 16.8. The van der Waals surface area contributed by atoms with Gasteiger partial charge in [0.05, 0.1) is 0 Å². The van der Waals surface area contributed by atoms with Gasteiger partial charge in [0.1, 0.15) is 0 Å². The highest BCUT2D eigenvalue weighted by atomic mass is 14.1. The van der Waals surface area contributed by atoms with Crippen molar-refractivity contribution in [3.63, 3.8) is 0 Å². The maximum absolute atomic E-state index is 4.24. The molecule has 0 aliphatic heterocycles. The molecular weight excluding hydrogens is 408 g/mol. The monoisotopic (exact) mass is 478 g/mol. The van der Waals surface area contributed by atoms with Crippen LogP contribution in [0, 0.1) is 12.8 Å². The predicted molar refractivity (Wildman–Crippen MR) is 159 cm³/mol. The van der Waals surface area contributed by atoms with Crippen LogP contribution in [0.25, 0.3) is 0 Å². The Kier molecular flexibility index (Phi) is 31.0. The van der Waals surface area contributed by atoms with E-state index in [0.717, 1.165) is 12.3 Å². The Bertz CT molecular complexity index is 333. The topological polar surface area (TPSA) is 0 Å². The van der Waals surface area contributed by atoms with Crippen molar-refractivity contribution >= 4 is 0 Å². The van der Waals surface area contributed by atoms with Crippen LogP contribution >= 0.6 is 0 Å². The van der Waals surface area contributed by atoms with Gasteiger partial charge in [0.25, 0.3) is 0 Å². The molecule has 0 spiro atoms. The molecule has 0 rings (SSSR count). The van der Waals surface area contributed by atoms with E-state index in [9.17, 15) is 0 Å². The number of unbranched alkanes of at least 4 members (excludes halogenated alkanes) is 25. The van der Waals surface area contributed by atoms with E-state index in [1.807, 2.05) is 0 Å². The van der Waals surface area contributed by atoms with Crippen molar-refractivity contribution in [3.8, 4) is 0 Å². The van der Waals surface area contributed by atoms with E-state index < -0.39 is 0 Å². The second-order valence-corrected chi connectivity index (χ2v) is 11.6. The van der Waals surface area contributed by atoms with E-state index in [-0.39, 0.29) is 0 Å². The fourth-order valence-corrected chi connectivity index (χ4v) is 5.51. The molecule has 205 valence electrons. The third-order valence-corrected chi connectivity index (χ3v) is 8.09. The lowest BCUT2D eigenvalue weighted by molar-refractivity contribution is 0.404. The van der Waals surface area contributed by atoms with E-state index in [2.05, 4.69) is 20.8 Å². The van der Waals surface area contributed by atoms with Crippen LogP contribution in [-0.2, 0) is 0 Å². The fraction of sp³-hybridized carbons (Fsp3) is 0.971. The van der Waals surface area contributed by atoms with E-state index in [0.29, 0.717) is 0 Å². The van der Waals surface area contributed by atoms with Crippen molar-refractivity contribution in [2.75, 3.05) is 0 Å².